The first-order valence-corrected chi connectivity index (χ1v) is 10.2. The highest BCUT2D eigenvalue weighted by atomic mass is 35.5. The number of amides is 1. The molecule has 0 unspecified atom stereocenters. The zero-order valence-corrected chi connectivity index (χ0v) is 17.2. The second-order valence-corrected chi connectivity index (χ2v) is 7.77. The lowest BCUT2D eigenvalue weighted by Gasteiger charge is -2.09. The van der Waals surface area contributed by atoms with E-state index < -0.39 is 17.6 Å². The Morgan fingerprint density at radius 3 is 2.58 bits per heavy atom. The summed E-state index contributed by atoms with van der Waals surface area (Å²) in [7, 11) is 0. The van der Waals surface area contributed by atoms with Crippen LogP contribution in [0.25, 0.3) is 16.9 Å². The molecule has 0 atom stereocenters. The van der Waals surface area contributed by atoms with Crippen molar-refractivity contribution < 1.29 is 18.0 Å². The van der Waals surface area contributed by atoms with Gasteiger partial charge in [0.1, 0.15) is 0 Å². The lowest BCUT2D eigenvalue weighted by molar-refractivity contribution is -0.137. The molecule has 0 aliphatic rings. The van der Waals surface area contributed by atoms with E-state index in [9.17, 15) is 18.0 Å². The number of anilines is 1. The van der Waals surface area contributed by atoms with Crippen molar-refractivity contribution in [2.24, 2.45) is 0 Å². The molecule has 158 valence electrons. The van der Waals surface area contributed by atoms with Gasteiger partial charge in [0.15, 0.2) is 5.65 Å². The highest BCUT2D eigenvalue weighted by Crippen LogP contribution is 2.30. The number of fused-ring (bicyclic) bond motifs is 1. The van der Waals surface area contributed by atoms with Crippen molar-refractivity contribution in [3.8, 4) is 11.3 Å². The minimum atomic E-state index is -4.48. The number of halogens is 4. The molecule has 2 aromatic carbocycles. The van der Waals surface area contributed by atoms with Crippen molar-refractivity contribution in [2.45, 2.75) is 11.3 Å². The first kappa shape index (κ1) is 21.1. The average molecular weight is 464 g/mol. The SMILES string of the molecule is O=C(CSc1nnc2ccc(-c3ccc(Cl)cc3)nn12)Nc1cccc(C(F)(F)F)c1. The molecule has 4 rings (SSSR count). The fourth-order valence-corrected chi connectivity index (χ4v) is 3.55. The molecule has 2 aromatic heterocycles. The molecule has 2 heterocycles. The lowest BCUT2D eigenvalue weighted by atomic mass is 10.1. The number of hydrogen-bond acceptors (Lipinski definition) is 5. The first-order chi connectivity index (χ1) is 14.8. The van der Waals surface area contributed by atoms with Crippen molar-refractivity contribution in [1.82, 2.24) is 19.8 Å². The number of alkyl halides is 3. The summed E-state index contributed by atoms with van der Waals surface area (Å²) < 4.78 is 39.9. The van der Waals surface area contributed by atoms with Crippen LogP contribution in [0.1, 0.15) is 5.56 Å². The van der Waals surface area contributed by atoms with Crippen LogP contribution in [0.2, 0.25) is 5.02 Å². The third-order valence-electron chi connectivity index (χ3n) is 4.18. The number of hydrogen-bond donors (Lipinski definition) is 1. The summed E-state index contributed by atoms with van der Waals surface area (Å²) >= 11 is 6.99. The maximum atomic E-state index is 12.8. The second kappa shape index (κ2) is 8.56. The molecule has 0 aliphatic heterocycles. The molecule has 11 heteroatoms. The fourth-order valence-electron chi connectivity index (χ4n) is 2.73. The number of benzene rings is 2. The monoisotopic (exact) mass is 463 g/mol. The number of nitrogens with zero attached hydrogens (tertiary/aromatic N) is 4. The molecule has 0 aliphatic carbocycles. The molecule has 1 N–H and O–H groups in total. The van der Waals surface area contributed by atoms with Crippen LogP contribution in [0.4, 0.5) is 18.9 Å². The van der Waals surface area contributed by atoms with Gasteiger partial charge >= 0.3 is 6.18 Å². The van der Waals surface area contributed by atoms with Gasteiger partial charge in [-0.05, 0) is 42.5 Å². The van der Waals surface area contributed by atoms with E-state index in [-0.39, 0.29) is 11.4 Å². The van der Waals surface area contributed by atoms with Crippen LogP contribution in [0.5, 0.6) is 0 Å². The summed E-state index contributed by atoms with van der Waals surface area (Å²) in [6, 6.07) is 15.2. The molecule has 6 nitrogen and oxygen atoms in total. The zero-order valence-electron chi connectivity index (χ0n) is 15.6. The highest BCUT2D eigenvalue weighted by molar-refractivity contribution is 7.99. The van der Waals surface area contributed by atoms with Gasteiger partial charge < -0.3 is 5.32 Å². The predicted molar refractivity (Wildman–Crippen MR) is 112 cm³/mol. The van der Waals surface area contributed by atoms with Crippen LogP contribution in [-0.2, 0) is 11.0 Å². The number of nitrogens with one attached hydrogen (secondary N) is 1. The molecule has 1 amide bonds. The van der Waals surface area contributed by atoms with E-state index in [0.717, 1.165) is 29.5 Å². The maximum Gasteiger partial charge on any atom is 0.416 e. The Morgan fingerprint density at radius 2 is 1.84 bits per heavy atom. The van der Waals surface area contributed by atoms with Crippen molar-refractivity contribution in [3.05, 3.63) is 71.2 Å². The second-order valence-electron chi connectivity index (χ2n) is 6.39. The summed E-state index contributed by atoms with van der Waals surface area (Å²) in [5.74, 6) is -0.556. The van der Waals surface area contributed by atoms with Crippen LogP contribution < -0.4 is 5.32 Å². The Kier molecular flexibility index (Phi) is 5.84. The van der Waals surface area contributed by atoms with E-state index in [1.165, 1.54) is 16.6 Å². The predicted octanol–water partition coefficient (Wildman–Crippen LogP) is 5.19. The maximum absolute atomic E-state index is 12.8. The van der Waals surface area contributed by atoms with Crippen LogP contribution in [0.3, 0.4) is 0 Å². The number of thioether (sulfide) groups is 1. The number of carbonyl (C=O) groups is 1. The van der Waals surface area contributed by atoms with Gasteiger partial charge in [0.25, 0.3) is 0 Å². The molecule has 0 saturated carbocycles. The van der Waals surface area contributed by atoms with Crippen molar-refractivity contribution in [1.29, 1.82) is 0 Å². The largest absolute Gasteiger partial charge is 0.416 e. The van der Waals surface area contributed by atoms with Gasteiger partial charge in [0.2, 0.25) is 11.1 Å². The van der Waals surface area contributed by atoms with Gasteiger partial charge in [-0.3, -0.25) is 4.79 Å². The third-order valence-corrected chi connectivity index (χ3v) is 5.35. The van der Waals surface area contributed by atoms with E-state index in [1.54, 1.807) is 24.3 Å². The van der Waals surface area contributed by atoms with Crippen LogP contribution in [-0.4, -0.2) is 31.5 Å². The van der Waals surface area contributed by atoms with E-state index in [1.807, 2.05) is 12.1 Å². The molecular formula is C20H13ClF3N5OS. The van der Waals surface area contributed by atoms with Gasteiger partial charge in [-0.1, -0.05) is 41.6 Å². The molecule has 4 aromatic rings. The molecule has 0 bridgehead atoms. The molecule has 0 spiro atoms. The van der Waals surface area contributed by atoms with Crippen molar-refractivity contribution >= 4 is 40.6 Å². The van der Waals surface area contributed by atoms with Gasteiger partial charge in [-0.15, -0.1) is 10.2 Å². The topological polar surface area (TPSA) is 72.2 Å². The number of aromatic nitrogens is 4. The summed E-state index contributed by atoms with van der Waals surface area (Å²) in [4.78, 5) is 12.2. The van der Waals surface area contributed by atoms with E-state index in [0.29, 0.717) is 21.5 Å². The first-order valence-electron chi connectivity index (χ1n) is 8.88. The molecule has 0 radical (unpaired) electrons. The van der Waals surface area contributed by atoms with Crippen LogP contribution >= 0.6 is 23.4 Å². The minimum absolute atomic E-state index is 0.0645. The van der Waals surface area contributed by atoms with Crippen molar-refractivity contribution in [2.75, 3.05) is 11.1 Å². The van der Waals surface area contributed by atoms with E-state index >= 15 is 0 Å². The summed E-state index contributed by atoms with van der Waals surface area (Å²) in [6.07, 6.45) is -4.48. The fraction of sp³-hybridized carbons (Fsp3) is 0.100. The molecule has 31 heavy (non-hydrogen) atoms. The van der Waals surface area contributed by atoms with Gasteiger partial charge in [-0.25, -0.2) is 0 Å². The van der Waals surface area contributed by atoms with Gasteiger partial charge in [0.05, 0.1) is 17.0 Å². The lowest BCUT2D eigenvalue weighted by Crippen LogP contribution is -2.15. The Balaban J connectivity index is 1.47. The number of carbonyl (C=O) groups excluding carboxylic acids is 1. The number of rotatable bonds is 5. The third kappa shape index (κ3) is 4.97. The minimum Gasteiger partial charge on any atom is -0.325 e. The van der Waals surface area contributed by atoms with E-state index in [4.69, 9.17) is 11.6 Å². The Hall–Kier alpha value is -3.11. The zero-order chi connectivity index (χ0) is 22.0. The quantitative estimate of drug-likeness (QED) is 0.412. The molecule has 0 saturated heterocycles. The Bertz CT molecular complexity index is 1240. The summed E-state index contributed by atoms with van der Waals surface area (Å²) in [5.41, 5.74) is 1.24. The Labute approximate surface area is 183 Å². The van der Waals surface area contributed by atoms with Crippen LogP contribution in [0.15, 0.2) is 65.8 Å². The molecule has 0 fully saturated rings. The normalized spacial score (nSPS) is 11.6. The van der Waals surface area contributed by atoms with Gasteiger partial charge in [0, 0.05) is 16.3 Å². The summed E-state index contributed by atoms with van der Waals surface area (Å²) in [6.45, 7) is 0. The molecular weight excluding hydrogens is 451 g/mol. The van der Waals surface area contributed by atoms with Crippen molar-refractivity contribution in [3.63, 3.8) is 0 Å². The van der Waals surface area contributed by atoms with Gasteiger partial charge in [-0.2, -0.15) is 22.8 Å². The summed E-state index contributed by atoms with van der Waals surface area (Å²) in [5, 5.41) is 16.0. The average Bonchev–Trinajstić information content (AvgIpc) is 3.15. The highest BCUT2D eigenvalue weighted by Gasteiger charge is 2.30. The van der Waals surface area contributed by atoms with E-state index in [2.05, 4.69) is 20.6 Å². The Morgan fingerprint density at radius 1 is 1.06 bits per heavy atom. The standard InChI is InChI=1S/C20H13ClF3N5OS/c21-14-6-4-12(5-7-14)16-8-9-17-26-27-19(29(17)28-16)31-11-18(30)25-15-3-1-2-13(10-15)20(22,23)24/h1-10H,11H2,(H,25,30). The van der Waals surface area contributed by atoms with Crippen LogP contribution in [0, 0.1) is 0 Å². The smallest absolute Gasteiger partial charge is 0.325 e.